The molecule has 5 heteroatoms. The normalized spacial score (nSPS) is 20.4. The molecule has 3 aromatic rings. The van der Waals surface area contributed by atoms with Gasteiger partial charge in [-0.1, -0.05) is 25.1 Å². The Balaban J connectivity index is 2.06. The van der Waals surface area contributed by atoms with Gasteiger partial charge in [-0.15, -0.1) is 0 Å². The molecule has 0 saturated heterocycles. The Bertz CT molecular complexity index is 1040. The number of anilines is 1. The molecular weight excluding hydrogens is 352 g/mol. The van der Waals surface area contributed by atoms with Gasteiger partial charge in [-0.25, -0.2) is 0 Å². The van der Waals surface area contributed by atoms with Gasteiger partial charge in [0.2, 0.25) is 5.75 Å². The van der Waals surface area contributed by atoms with Crippen LogP contribution in [0.5, 0.6) is 17.2 Å². The molecule has 148 valence electrons. The molecule has 0 bridgehead atoms. The summed E-state index contributed by atoms with van der Waals surface area (Å²) in [5.74, 6) is 1.96. The molecule has 2 aromatic carbocycles. The van der Waals surface area contributed by atoms with Crippen molar-refractivity contribution in [2.75, 3.05) is 26.6 Å². The van der Waals surface area contributed by atoms with E-state index < -0.39 is 0 Å². The molecule has 0 spiro atoms. The van der Waals surface area contributed by atoms with Crippen molar-refractivity contribution in [2.45, 2.75) is 38.1 Å². The number of methoxy groups -OCH3 is 3. The summed E-state index contributed by atoms with van der Waals surface area (Å²) >= 11 is 0. The van der Waals surface area contributed by atoms with E-state index in [1.807, 2.05) is 0 Å². The first-order chi connectivity index (χ1) is 13.3. The third kappa shape index (κ3) is 2.60. The fourth-order valence-electron chi connectivity index (χ4n) is 4.85. The van der Waals surface area contributed by atoms with Crippen LogP contribution in [0, 0.1) is 0 Å². The lowest BCUT2D eigenvalue weighted by Gasteiger charge is -2.46. The zero-order valence-corrected chi connectivity index (χ0v) is 17.4. The first-order valence-electron chi connectivity index (χ1n) is 9.53. The van der Waals surface area contributed by atoms with Gasteiger partial charge in [0.05, 0.1) is 27.0 Å². The predicted molar refractivity (Wildman–Crippen MR) is 113 cm³/mol. The molecule has 2 heterocycles. The highest BCUT2D eigenvalue weighted by Gasteiger charge is 2.45. The maximum Gasteiger partial charge on any atom is 0.205 e. The minimum atomic E-state index is -0.240. The molecule has 0 aliphatic carbocycles. The van der Waals surface area contributed by atoms with Crippen molar-refractivity contribution in [3.05, 3.63) is 47.7 Å². The van der Waals surface area contributed by atoms with E-state index in [4.69, 9.17) is 14.2 Å². The Morgan fingerprint density at radius 1 is 0.893 bits per heavy atom. The number of para-hydroxylation sites is 1. The van der Waals surface area contributed by atoms with Gasteiger partial charge in [-0.05, 0) is 43.5 Å². The Morgan fingerprint density at radius 2 is 1.61 bits per heavy atom. The van der Waals surface area contributed by atoms with Crippen LogP contribution in [0.3, 0.4) is 0 Å². The number of benzene rings is 2. The van der Waals surface area contributed by atoms with Crippen molar-refractivity contribution in [1.29, 1.82) is 0 Å². The minimum absolute atomic E-state index is 0.132. The van der Waals surface area contributed by atoms with Gasteiger partial charge in [-0.3, -0.25) is 0 Å². The second kappa shape index (κ2) is 6.36. The maximum atomic E-state index is 5.79. The minimum Gasteiger partial charge on any atom is -0.493 e. The first kappa shape index (κ1) is 18.5. The molecule has 4 rings (SSSR count). The molecule has 0 saturated carbocycles. The highest BCUT2D eigenvalue weighted by Crippen LogP contribution is 2.56. The van der Waals surface area contributed by atoms with Crippen LogP contribution >= 0.6 is 0 Å². The fourth-order valence-corrected chi connectivity index (χ4v) is 4.85. The van der Waals surface area contributed by atoms with Crippen molar-refractivity contribution < 1.29 is 14.2 Å². The summed E-state index contributed by atoms with van der Waals surface area (Å²) in [6, 6.07) is 10.5. The summed E-state index contributed by atoms with van der Waals surface area (Å²) in [6.45, 7) is 6.74. The average Bonchev–Trinajstić information content (AvgIpc) is 3.10. The van der Waals surface area contributed by atoms with Gasteiger partial charge in [0.15, 0.2) is 11.5 Å². The lowest BCUT2D eigenvalue weighted by Crippen LogP contribution is -2.45. The summed E-state index contributed by atoms with van der Waals surface area (Å²) in [6.07, 6.45) is 3.06. The molecule has 1 aliphatic rings. The number of fused-ring (bicyclic) bond motifs is 2. The van der Waals surface area contributed by atoms with Crippen LogP contribution in [0.4, 0.5) is 5.69 Å². The first-order valence-corrected chi connectivity index (χ1v) is 9.53. The van der Waals surface area contributed by atoms with Crippen LogP contribution < -0.4 is 19.5 Å². The zero-order chi connectivity index (χ0) is 20.1. The van der Waals surface area contributed by atoms with Crippen LogP contribution in [0.15, 0.2) is 36.5 Å². The number of ether oxygens (including phenoxy) is 3. The number of rotatable bonds is 4. The molecule has 28 heavy (non-hydrogen) atoms. The van der Waals surface area contributed by atoms with E-state index in [9.17, 15) is 0 Å². The molecule has 0 amide bonds. The molecule has 0 unspecified atom stereocenters. The van der Waals surface area contributed by atoms with E-state index in [0.29, 0.717) is 17.2 Å². The van der Waals surface area contributed by atoms with E-state index in [1.54, 1.807) is 21.3 Å². The third-order valence-electron chi connectivity index (χ3n) is 5.87. The number of nitrogens with one attached hydrogen (secondary N) is 2. The lowest BCUT2D eigenvalue weighted by atomic mass is 9.66. The van der Waals surface area contributed by atoms with E-state index in [2.05, 4.69) is 67.6 Å². The smallest absolute Gasteiger partial charge is 0.205 e. The Labute approximate surface area is 166 Å². The van der Waals surface area contributed by atoms with Gasteiger partial charge >= 0.3 is 0 Å². The number of H-pyrrole nitrogens is 1. The maximum absolute atomic E-state index is 5.79. The summed E-state index contributed by atoms with van der Waals surface area (Å²) < 4.78 is 17.1. The number of aromatic nitrogens is 1. The van der Waals surface area contributed by atoms with Crippen molar-refractivity contribution >= 4 is 16.6 Å². The van der Waals surface area contributed by atoms with Crippen LogP contribution in [-0.4, -0.2) is 31.9 Å². The van der Waals surface area contributed by atoms with Gasteiger partial charge in [0.1, 0.15) is 0 Å². The molecule has 1 atom stereocenters. The summed E-state index contributed by atoms with van der Waals surface area (Å²) in [7, 11) is 4.97. The number of hydrogen-bond donors (Lipinski definition) is 2. The number of hydrogen-bond acceptors (Lipinski definition) is 4. The van der Waals surface area contributed by atoms with Crippen molar-refractivity contribution in [2.24, 2.45) is 0 Å². The Hall–Kier alpha value is -2.82. The average molecular weight is 380 g/mol. The molecule has 1 aromatic heterocycles. The largest absolute Gasteiger partial charge is 0.493 e. The molecule has 1 aliphatic heterocycles. The van der Waals surface area contributed by atoms with Gasteiger partial charge in [0.25, 0.3) is 0 Å². The third-order valence-corrected chi connectivity index (χ3v) is 5.87. The zero-order valence-electron chi connectivity index (χ0n) is 17.4. The van der Waals surface area contributed by atoms with Gasteiger partial charge < -0.3 is 24.5 Å². The second-order valence-corrected chi connectivity index (χ2v) is 8.33. The summed E-state index contributed by atoms with van der Waals surface area (Å²) in [5.41, 5.74) is 4.15. The monoisotopic (exact) mass is 380 g/mol. The highest BCUT2D eigenvalue weighted by molar-refractivity contribution is 5.87. The quantitative estimate of drug-likeness (QED) is 0.662. The molecule has 2 N–H and O–H groups in total. The number of aromatic amines is 1. The van der Waals surface area contributed by atoms with Crippen molar-refractivity contribution in [1.82, 2.24) is 4.98 Å². The predicted octanol–water partition coefficient (Wildman–Crippen LogP) is 5.09. The molecule has 5 nitrogen and oxygen atoms in total. The standard InChI is InChI=1S/C23H28N2O3/c1-22(2)13-23(3,16-12-24-17-10-8-7-9-14(16)17)15-11-18(26-4)20(27-5)21(28-6)19(15)25-22/h7-12,24-25H,13H2,1-6H3/t23-/m0/s1. The van der Waals surface area contributed by atoms with E-state index in [0.717, 1.165) is 23.2 Å². The lowest BCUT2D eigenvalue weighted by molar-refractivity contribution is 0.316. The fraction of sp³-hybridized carbons (Fsp3) is 0.391. The second-order valence-electron chi connectivity index (χ2n) is 8.33. The van der Waals surface area contributed by atoms with Crippen LogP contribution in [0.25, 0.3) is 10.9 Å². The summed E-state index contributed by atoms with van der Waals surface area (Å²) in [4.78, 5) is 3.44. The van der Waals surface area contributed by atoms with E-state index in [-0.39, 0.29) is 11.0 Å². The Morgan fingerprint density at radius 3 is 2.29 bits per heavy atom. The summed E-state index contributed by atoms with van der Waals surface area (Å²) in [5, 5.41) is 4.91. The molecule has 0 fully saturated rings. The highest BCUT2D eigenvalue weighted by atomic mass is 16.5. The van der Waals surface area contributed by atoms with Gasteiger partial charge in [0, 0.05) is 28.1 Å². The van der Waals surface area contributed by atoms with Crippen LogP contribution in [0.2, 0.25) is 0 Å². The van der Waals surface area contributed by atoms with Crippen LogP contribution in [-0.2, 0) is 5.41 Å². The molecule has 0 radical (unpaired) electrons. The Kier molecular flexibility index (Phi) is 4.21. The van der Waals surface area contributed by atoms with Crippen LogP contribution in [0.1, 0.15) is 38.3 Å². The van der Waals surface area contributed by atoms with Crippen molar-refractivity contribution in [3.8, 4) is 17.2 Å². The van der Waals surface area contributed by atoms with Gasteiger partial charge in [-0.2, -0.15) is 0 Å². The van der Waals surface area contributed by atoms with E-state index >= 15 is 0 Å². The van der Waals surface area contributed by atoms with E-state index in [1.165, 1.54) is 10.9 Å². The molecular formula is C23H28N2O3. The SMILES string of the molecule is COc1cc2c(c(OC)c1OC)NC(C)(C)C[C@]2(C)c1c[nH]c2ccccc12. The topological polar surface area (TPSA) is 55.5 Å². The van der Waals surface area contributed by atoms with Crippen molar-refractivity contribution in [3.63, 3.8) is 0 Å².